The Morgan fingerprint density at radius 2 is 2.06 bits per heavy atom. The molecule has 0 aromatic carbocycles. The van der Waals surface area contributed by atoms with Crippen LogP contribution in [0.4, 0.5) is 5.82 Å². The van der Waals surface area contributed by atoms with Crippen molar-refractivity contribution in [3.63, 3.8) is 0 Å². The Kier molecular flexibility index (Phi) is 15.7. The van der Waals surface area contributed by atoms with E-state index in [4.69, 9.17) is 33.6 Å². The molecule has 1 aromatic heterocycles. The van der Waals surface area contributed by atoms with E-state index in [9.17, 15) is 14.3 Å². The molecule has 2 unspecified atom stereocenters. The van der Waals surface area contributed by atoms with Crippen molar-refractivity contribution in [1.29, 1.82) is 0 Å². The predicted octanol–water partition coefficient (Wildman–Crippen LogP) is -0.592. The summed E-state index contributed by atoms with van der Waals surface area (Å²) < 4.78 is 39.2. The van der Waals surface area contributed by atoms with Gasteiger partial charge in [-0.1, -0.05) is 33.1 Å². The number of aromatic nitrogens is 2. The van der Waals surface area contributed by atoms with Gasteiger partial charge in [-0.25, -0.2) is 9.68 Å². The molecule has 0 bridgehead atoms. The molecule has 0 spiro atoms. The van der Waals surface area contributed by atoms with E-state index in [1.807, 2.05) is 13.8 Å². The van der Waals surface area contributed by atoms with Gasteiger partial charge in [0.15, 0.2) is 15.3 Å². The number of phosphoric ester groups is 1. The molecule has 0 aliphatic carbocycles. The van der Waals surface area contributed by atoms with Gasteiger partial charge in [0.25, 0.3) is 7.82 Å². The molecule has 2 heterocycles. The Bertz CT molecular complexity index is 773. The SMILES string of the molecule is CCCCCOP(=O)([O-])O[C@H]1O[C@@H](n2ccc(N)nc2=O)C[C@@H]1OOPOCCCC.[K+]. The normalized spacial score (nSPS) is 22.8. The van der Waals surface area contributed by atoms with Crippen molar-refractivity contribution < 1.29 is 88.7 Å². The number of hydrogen-bond acceptors (Lipinski definition) is 11. The summed E-state index contributed by atoms with van der Waals surface area (Å²) >= 11 is 0. The number of hydrogen-bond donors (Lipinski definition) is 1. The van der Waals surface area contributed by atoms with E-state index >= 15 is 0 Å². The molecule has 2 N–H and O–H groups in total. The van der Waals surface area contributed by atoms with Gasteiger partial charge in [0.2, 0.25) is 0 Å². The van der Waals surface area contributed by atoms with Gasteiger partial charge in [-0.05, 0) is 18.9 Å². The molecule has 32 heavy (non-hydrogen) atoms. The maximum absolute atomic E-state index is 12.2. The summed E-state index contributed by atoms with van der Waals surface area (Å²) in [6.45, 7) is 4.53. The number of unbranched alkanes of at least 4 members (excludes halogenated alkanes) is 3. The first-order valence-electron chi connectivity index (χ1n) is 10.2. The van der Waals surface area contributed by atoms with E-state index in [0.717, 1.165) is 30.3 Å². The second-order valence-electron chi connectivity index (χ2n) is 6.83. The van der Waals surface area contributed by atoms with E-state index in [1.54, 1.807) is 0 Å². The maximum Gasteiger partial charge on any atom is 1.00 e. The molecule has 0 radical (unpaired) electrons. The minimum atomic E-state index is -4.67. The van der Waals surface area contributed by atoms with Crippen LogP contribution in [-0.2, 0) is 32.4 Å². The first-order chi connectivity index (χ1) is 14.9. The van der Waals surface area contributed by atoms with E-state index in [1.165, 1.54) is 12.3 Å². The number of nitrogen functional groups attached to an aromatic ring is 1. The molecule has 1 aromatic rings. The molecule has 1 aliphatic heterocycles. The first-order valence-corrected chi connectivity index (χ1v) is 12.5. The Labute approximate surface area is 231 Å². The van der Waals surface area contributed by atoms with Gasteiger partial charge < -0.3 is 24.4 Å². The fourth-order valence-corrected chi connectivity index (χ4v) is 3.95. The van der Waals surface area contributed by atoms with Crippen LogP contribution >= 0.6 is 16.9 Å². The minimum Gasteiger partial charge on any atom is -0.756 e. The molecular weight excluding hydrogens is 491 g/mol. The second-order valence-corrected chi connectivity index (χ2v) is 8.82. The molecule has 12 nitrogen and oxygen atoms in total. The van der Waals surface area contributed by atoms with Gasteiger partial charge >= 0.3 is 57.1 Å². The molecule has 1 aliphatic rings. The zero-order valence-corrected chi connectivity index (χ0v) is 23.7. The molecule has 1 fully saturated rings. The Morgan fingerprint density at radius 1 is 1.31 bits per heavy atom. The van der Waals surface area contributed by atoms with Crippen LogP contribution in [0, 0.1) is 0 Å². The minimum absolute atomic E-state index is 0. The van der Waals surface area contributed by atoms with E-state index in [0.29, 0.717) is 13.0 Å². The van der Waals surface area contributed by atoms with Crippen LogP contribution in [0.5, 0.6) is 0 Å². The number of phosphoric acid groups is 1. The number of nitrogens with two attached hydrogens (primary N) is 1. The van der Waals surface area contributed by atoms with Crippen molar-refractivity contribution in [3.8, 4) is 0 Å². The molecule has 1 saturated heterocycles. The van der Waals surface area contributed by atoms with Gasteiger partial charge in [0, 0.05) is 12.6 Å². The summed E-state index contributed by atoms with van der Waals surface area (Å²) in [6, 6.07) is 1.42. The third-order valence-corrected chi connectivity index (χ3v) is 5.74. The van der Waals surface area contributed by atoms with Crippen molar-refractivity contribution in [2.24, 2.45) is 0 Å². The molecule has 5 atom stereocenters. The maximum atomic E-state index is 12.2. The first kappa shape index (κ1) is 30.7. The quantitative estimate of drug-likeness (QED) is 0.103. The van der Waals surface area contributed by atoms with Crippen LogP contribution < -0.4 is 67.7 Å². The topological polar surface area (TPSA) is 156 Å². The van der Waals surface area contributed by atoms with Crippen LogP contribution in [0.3, 0.4) is 0 Å². The molecular formula is C17H30KN3O9P2. The van der Waals surface area contributed by atoms with Crippen molar-refractivity contribution in [3.05, 3.63) is 22.7 Å². The van der Waals surface area contributed by atoms with E-state index < -0.39 is 41.2 Å². The molecule has 15 heteroatoms. The summed E-state index contributed by atoms with van der Waals surface area (Å²) in [6.07, 6.45) is 2.37. The monoisotopic (exact) mass is 521 g/mol. The average molecular weight is 521 g/mol. The van der Waals surface area contributed by atoms with Gasteiger partial charge in [0.05, 0.1) is 13.2 Å². The smallest absolute Gasteiger partial charge is 0.756 e. The van der Waals surface area contributed by atoms with Gasteiger partial charge in [-0.2, -0.15) is 9.66 Å². The van der Waals surface area contributed by atoms with Gasteiger partial charge in [-0.3, -0.25) is 13.7 Å². The third kappa shape index (κ3) is 11.0. The third-order valence-electron chi connectivity index (χ3n) is 4.29. The molecule has 0 amide bonds. The number of ether oxygens (including phenoxy) is 1. The zero-order chi connectivity index (χ0) is 22.7. The molecule has 2 rings (SSSR count). The van der Waals surface area contributed by atoms with Crippen molar-refractivity contribution in [1.82, 2.24) is 9.55 Å². The van der Waals surface area contributed by atoms with Crippen molar-refractivity contribution in [2.75, 3.05) is 18.9 Å². The molecule has 178 valence electrons. The van der Waals surface area contributed by atoms with Crippen LogP contribution in [0.25, 0.3) is 0 Å². The summed E-state index contributed by atoms with van der Waals surface area (Å²) in [5.41, 5.74) is 4.85. The average Bonchev–Trinajstić information content (AvgIpc) is 3.09. The van der Waals surface area contributed by atoms with E-state index in [-0.39, 0.29) is 70.2 Å². The Morgan fingerprint density at radius 3 is 2.75 bits per heavy atom. The van der Waals surface area contributed by atoms with Crippen molar-refractivity contribution in [2.45, 2.75) is 71.0 Å². The van der Waals surface area contributed by atoms with Crippen LogP contribution in [-0.4, -0.2) is 35.2 Å². The van der Waals surface area contributed by atoms with Crippen molar-refractivity contribution >= 4 is 22.7 Å². The molecule has 0 saturated carbocycles. The Hall–Kier alpha value is 0.696. The van der Waals surface area contributed by atoms with E-state index in [2.05, 4.69) is 4.98 Å². The van der Waals surface area contributed by atoms with Gasteiger partial charge in [0.1, 0.15) is 18.1 Å². The number of nitrogens with zero attached hydrogens (tertiary/aromatic N) is 2. The summed E-state index contributed by atoms with van der Waals surface area (Å²) in [5.74, 6) is 0.0538. The Balaban J connectivity index is 0.00000512. The summed E-state index contributed by atoms with van der Waals surface area (Å²) in [4.78, 5) is 33.2. The van der Waals surface area contributed by atoms with Crippen LogP contribution in [0.1, 0.15) is 58.6 Å². The van der Waals surface area contributed by atoms with Crippen LogP contribution in [0.15, 0.2) is 17.1 Å². The largest absolute Gasteiger partial charge is 1.00 e. The summed E-state index contributed by atoms with van der Waals surface area (Å²) in [7, 11) is -5.08. The predicted molar refractivity (Wildman–Crippen MR) is 111 cm³/mol. The number of rotatable bonds is 15. The zero-order valence-electron chi connectivity index (χ0n) is 18.6. The summed E-state index contributed by atoms with van der Waals surface area (Å²) in [5, 5.41) is 0. The van der Waals surface area contributed by atoms with Crippen LogP contribution in [0.2, 0.25) is 0 Å². The van der Waals surface area contributed by atoms with Gasteiger partial charge in [-0.15, -0.1) is 0 Å². The standard InChI is InChI=1S/C17H31N3O9P2.K/c1-3-5-7-11-25-31(22,23)28-16-13(27-29-30-24-10-6-4-2)12-15(26-16)20-9-8-14(18)19-17(20)21;/h8-9,13,15-16,30H,3-7,10-12H2,1-2H3,(H,22,23)(H2,18,19,21);/q;+1/p-1/t13-,15+,16+;/m0./s1. The number of anilines is 1. The second kappa shape index (κ2) is 16.4. The fourth-order valence-electron chi connectivity index (χ4n) is 2.66. The fraction of sp³-hybridized carbons (Fsp3) is 0.765.